The molecule has 0 N–H and O–H groups in total. The van der Waals surface area contributed by atoms with E-state index in [9.17, 15) is 13.4 Å². The third-order valence-electron chi connectivity index (χ3n) is 2.17. The third-order valence-corrected chi connectivity index (χ3v) is 3.80. The van der Waals surface area contributed by atoms with Crippen molar-refractivity contribution in [3.05, 3.63) is 30.1 Å². The molecule has 0 bridgehead atoms. The Bertz CT molecular complexity index is 420. The molecule has 1 rings (SSSR count). The zero-order chi connectivity index (χ0) is 12.8. The van der Waals surface area contributed by atoms with E-state index in [-0.39, 0.29) is 17.3 Å². The van der Waals surface area contributed by atoms with Crippen molar-refractivity contribution in [1.82, 2.24) is 0 Å². The Labute approximate surface area is 102 Å². The smallest absolute Gasteiger partial charge is 0.309 e. The highest BCUT2D eigenvalue weighted by atomic mass is 32.2. The average Bonchev–Trinajstić information content (AvgIpc) is 2.29. The van der Waals surface area contributed by atoms with E-state index >= 15 is 0 Å². The summed E-state index contributed by atoms with van der Waals surface area (Å²) in [5.41, 5.74) is 0. The minimum absolute atomic E-state index is 0.0692. The van der Waals surface area contributed by atoms with Crippen LogP contribution in [0.1, 0.15) is 13.8 Å². The molecule has 0 saturated heterocycles. The molecule has 2 unspecified atom stereocenters. The van der Waals surface area contributed by atoms with Gasteiger partial charge in [-0.3, -0.25) is 9.00 Å². The van der Waals surface area contributed by atoms with Crippen LogP contribution in [0.4, 0.5) is 4.39 Å². The SMILES string of the molecule is CCOC(=O)C(C)CS(=O)c1ccccc1F. The number of carbonyl (C=O) groups excluding carboxylic acids is 1. The Kier molecular flexibility index (Phi) is 5.28. The fourth-order valence-electron chi connectivity index (χ4n) is 1.30. The van der Waals surface area contributed by atoms with Crippen LogP contribution in [0.15, 0.2) is 29.2 Å². The van der Waals surface area contributed by atoms with E-state index in [0.717, 1.165) is 0 Å². The summed E-state index contributed by atoms with van der Waals surface area (Å²) in [4.78, 5) is 11.5. The summed E-state index contributed by atoms with van der Waals surface area (Å²) in [6, 6.07) is 5.86. The van der Waals surface area contributed by atoms with Gasteiger partial charge in [0.2, 0.25) is 0 Å². The molecule has 0 spiro atoms. The maximum atomic E-state index is 13.3. The van der Waals surface area contributed by atoms with Crippen LogP contribution in [0, 0.1) is 11.7 Å². The highest BCUT2D eigenvalue weighted by Crippen LogP contribution is 2.14. The fraction of sp³-hybridized carbons (Fsp3) is 0.417. The maximum absolute atomic E-state index is 13.3. The van der Waals surface area contributed by atoms with Gasteiger partial charge in [0.15, 0.2) is 0 Å². The molecule has 2 atom stereocenters. The summed E-state index contributed by atoms with van der Waals surface area (Å²) < 4.78 is 30.0. The van der Waals surface area contributed by atoms with Crippen molar-refractivity contribution >= 4 is 16.8 Å². The lowest BCUT2D eigenvalue weighted by atomic mass is 10.2. The molecular formula is C12H15FO3S. The number of benzene rings is 1. The van der Waals surface area contributed by atoms with Gasteiger partial charge < -0.3 is 4.74 Å². The van der Waals surface area contributed by atoms with Crippen molar-refractivity contribution in [1.29, 1.82) is 0 Å². The van der Waals surface area contributed by atoms with E-state index in [1.165, 1.54) is 18.2 Å². The van der Waals surface area contributed by atoms with Gasteiger partial charge in [0, 0.05) is 5.75 Å². The van der Waals surface area contributed by atoms with E-state index < -0.39 is 28.5 Å². The second-order valence-corrected chi connectivity index (χ2v) is 5.06. The molecule has 94 valence electrons. The molecule has 1 aromatic carbocycles. The van der Waals surface area contributed by atoms with E-state index in [2.05, 4.69) is 0 Å². The molecule has 0 amide bonds. The Hall–Kier alpha value is -1.23. The summed E-state index contributed by atoms with van der Waals surface area (Å²) in [5, 5.41) is 0. The molecule has 0 aliphatic carbocycles. The van der Waals surface area contributed by atoms with Gasteiger partial charge in [0.1, 0.15) is 5.82 Å². The van der Waals surface area contributed by atoms with E-state index in [0.29, 0.717) is 0 Å². The third kappa shape index (κ3) is 3.93. The number of halogens is 1. The predicted octanol–water partition coefficient (Wildman–Crippen LogP) is 2.13. The first-order chi connectivity index (χ1) is 8.06. The predicted molar refractivity (Wildman–Crippen MR) is 63.5 cm³/mol. The largest absolute Gasteiger partial charge is 0.466 e. The summed E-state index contributed by atoms with van der Waals surface area (Å²) in [6.07, 6.45) is 0. The quantitative estimate of drug-likeness (QED) is 0.760. The minimum Gasteiger partial charge on any atom is -0.466 e. The van der Waals surface area contributed by atoms with Gasteiger partial charge in [-0.05, 0) is 19.1 Å². The Balaban J connectivity index is 2.67. The molecule has 0 aliphatic heterocycles. The minimum atomic E-state index is -1.53. The number of hydrogen-bond acceptors (Lipinski definition) is 3. The van der Waals surface area contributed by atoms with Gasteiger partial charge in [-0.1, -0.05) is 19.1 Å². The highest BCUT2D eigenvalue weighted by Gasteiger charge is 2.19. The highest BCUT2D eigenvalue weighted by molar-refractivity contribution is 7.85. The van der Waals surface area contributed by atoms with Crippen LogP contribution in [0.25, 0.3) is 0 Å². The number of rotatable bonds is 5. The zero-order valence-electron chi connectivity index (χ0n) is 9.81. The van der Waals surface area contributed by atoms with Crippen molar-refractivity contribution in [3.8, 4) is 0 Å². The van der Waals surface area contributed by atoms with Gasteiger partial charge in [-0.2, -0.15) is 0 Å². The van der Waals surface area contributed by atoms with Crippen molar-refractivity contribution < 1.29 is 18.1 Å². The van der Waals surface area contributed by atoms with Gasteiger partial charge in [0.05, 0.1) is 28.2 Å². The number of carbonyl (C=O) groups is 1. The van der Waals surface area contributed by atoms with E-state index in [1.807, 2.05) is 0 Å². The summed E-state index contributed by atoms with van der Waals surface area (Å²) >= 11 is 0. The van der Waals surface area contributed by atoms with Crippen LogP contribution in [-0.4, -0.2) is 22.5 Å². The van der Waals surface area contributed by atoms with Crippen molar-refractivity contribution in [2.45, 2.75) is 18.7 Å². The normalized spacial score (nSPS) is 14.1. The first-order valence-corrected chi connectivity index (χ1v) is 6.67. The molecule has 3 nitrogen and oxygen atoms in total. The number of ether oxygens (including phenoxy) is 1. The van der Waals surface area contributed by atoms with Crippen LogP contribution in [-0.2, 0) is 20.3 Å². The Morgan fingerprint density at radius 3 is 2.71 bits per heavy atom. The second kappa shape index (κ2) is 6.49. The molecule has 0 aliphatic rings. The van der Waals surface area contributed by atoms with Crippen LogP contribution in [0.3, 0.4) is 0 Å². The zero-order valence-corrected chi connectivity index (χ0v) is 10.6. The molecule has 17 heavy (non-hydrogen) atoms. The van der Waals surface area contributed by atoms with Crippen molar-refractivity contribution in [2.24, 2.45) is 5.92 Å². The molecular weight excluding hydrogens is 243 g/mol. The molecule has 0 heterocycles. The molecule has 1 aromatic rings. The number of esters is 1. The molecule has 0 saturated carbocycles. The van der Waals surface area contributed by atoms with Crippen molar-refractivity contribution in [2.75, 3.05) is 12.4 Å². The Morgan fingerprint density at radius 2 is 2.12 bits per heavy atom. The number of hydrogen-bond donors (Lipinski definition) is 0. The van der Waals surface area contributed by atoms with Crippen LogP contribution >= 0.6 is 0 Å². The molecule has 0 radical (unpaired) electrons. The fourth-order valence-corrected chi connectivity index (χ4v) is 2.58. The van der Waals surface area contributed by atoms with Gasteiger partial charge in [-0.25, -0.2) is 4.39 Å². The lowest BCUT2D eigenvalue weighted by molar-refractivity contribution is -0.146. The van der Waals surface area contributed by atoms with Gasteiger partial charge >= 0.3 is 5.97 Å². The van der Waals surface area contributed by atoms with Crippen LogP contribution in [0.5, 0.6) is 0 Å². The standard InChI is InChI=1S/C12H15FO3S/c1-3-16-12(14)9(2)8-17(15)11-7-5-4-6-10(11)13/h4-7,9H,3,8H2,1-2H3. The average molecular weight is 258 g/mol. The molecule has 5 heteroatoms. The maximum Gasteiger partial charge on any atom is 0.309 e. The monoisotopic (exact) mass is 258 g/mol. The summed E-state index contributed by atoms with van der Waals surface area (Å²) in [6.45, 7) is 3.62. The summed E-state index contributed by atoms with van der Waals surface area (Å²) in [5.74, 6) is -1.35. The first kappa shape index (κ1) is 13.8. The molecule has 0 aromatic heterocycles. The summed E-state index contributed by atoms with van der Waals surface area (Å²) in [7, 11) is -1.53. The lowest BCUT2D eigenvalue weighted by Gasteiger charge is -2.10. The van der Waals surface area contributed by atoms with Crippen LogP contribution in [0.2, 0.25) is 0 Å². The lowest BCUT2D eigenvalue weighted by Crippen LogP contribution is -2.21. The van der Waals surface area contributed by atoms with E-state index in [1.54, 1.807) is 19.9 Å². The van der Waals surface area contributed by atoms with Gasteiger partial charge in [0.25, 0.3) is 0 Å². The topological polar surface area (TPSA) is 43.4 Å². The van der Waals surface area contributed by atoms with E-state index in [4.69, 9.17) is 4.74 Å². The van der Waals surface area contributed by atoms with Crippen molar-refractivity contribution in [3.63, 3.8) is 0 Å². The molecule has 0 fully saturated rings. The van der Waals surface area contributed by atoms with Crippen LogP contribution < -0.4 is 0 Å². The van der Waals surface area contributed by atoms with Gasteiger partial charge in [-0.15, -0.1) is 0 Å². The first-order valence-electron chi connectivity index (χ1n) is 5.35. The second-order valence-electron chi connectivity index (χ2n) is 3.60. The Morgan fingerprint density at radius 1 is 1.47 bits per heavy atom.